The Balaban J connectivity index is 1.41. The maximum Gasteiger partial charge on any atom is 0.243 e. The number of hydrogen-bond donors (Lipinski definition) is 1. The molecule has 0 bridgehead atoms. The highest BCUT2D eigenvalue weighted by atomic mass is 32.2. The molecule has 0 aromatic heterocycles. The fourth-order valence-electron chi connectivity index (χ4n) is 5.90. The molecule has 37 heavy (non-hydrogen) atoms. The van der Waals surface area contributed by atoms with Gasteiger partial charge in [0, 0.05) is 32.1 Å². The first-order valence-electron chi connectivity index (χ1n) is 13.8. The number of sulfonamides is 1. The van der Waals surface area contributed by atoms with Crippen LogP contribution in [0, 0.1) is 19.8 Å². The molecule has 1 aromatic carbocycles. The van der Waals surface area contributed by atoms with Crippen LogP contribution in [0.1, 0.15) is 62.5 Å². The highest BCUT2D eigenvalue weighted by Gasteiger charge is 2.30. The number of amides is 1. The molecule has 1 aliphatic heterocycles. The van der Waals surface area contributed by atoms with Gasteiger partial charge in [0.15, 0.2) is 0 Å². The molecule has 2 aliphatic rings. The summed E-state index contributed by atoms with van der Waals surface area (Å²) < 4.78 is 32.9. The van der Waals surface area contributed by atoms with E-state index in [-0.39, 0.29) is 29.8 Å². The highest BCUT2D eigenvalue weighted by Crippen LogP contribution is 2.29. The smallest absolute Gasteiger partial charge is 0.243 e. The average molecular weight is 537 g/mol. The zero-order valence-corrected chi connectivity index (χ0v) is 24.6. The van der Waals surface area contributed by atoms with Gasteiger partial charge in [-0.3, -0.25) is 4.79 Å². The second-order valence-electron chi connectivity index (χ2n) is 11.3. The summed E-state index contributed by atoms with van der Waals surface area (Å²) in [4.78, 5) is 17.9. The molecule has 1 amide bonds. The van der Waals surface area contributed by atoms with Crippen molar-refractivity contribution in [2.75, 3.05) is 54.4 Å². The van der Waals surface area contributed by atoms with Gasteiger partial charge in [-0.25, -0.2) is 12.7 Å². The summed E-state index contributed by atoms with van der Waals surface area (Å²) in [6.45, 7) is 7.27. The van der Waals surface area contributed by atoms with Gasteiger partial charge in [-0.1, -0.05) is 0 Å². The Morgan fingerprint density at radius 2 is 1.59 bits per heavy atom. The van der Waals surface area contributed by atoms with E-state index in [4.69, 9.17) is 4.74 Å². The number of nitrogens with zero attached hydrogens (tertiary/aromatic N) is 3. The number of carbonyl (C=O) groups excluding carboxylic acids is 1. The first-order chi connectivity index (χ1) is 17.5. The summed E-state index contributed by atoms with van der Waals surface area (Å²) in [7, 11) is 3.71. The van der Waals surface area contributed by atoms with Crippen molar-refractivity contribution >= 4 is 15.9 Å². The van der Waals surface area contributed by atoms with E-state index >= 15 is 0 Å². The maximum atomic E-state index is 13.2. The van der Waals surface area contributed by atoms with Crippen molar-refractivity contribution in [3.8, 4) is 5.75 Å². The van der Waals surface area contributed by atoms with Crippen molar-refractivity contribution in [3.63, 3.8) is 0 Å². The van der Waals surface area contributed by atoms with Gasteiger partial charge in [-0.15, -0.1) is 0 Å². The third kappa shape index (κ3) is 8.15. The van der Waals surface area contributed by atoms with E-state index in [2.05, 4.69) is 29.2 Å². The van der Waals surface area contributed by atoms with Crippen molar-refractivity contribution in [2.24, 2.45) is 5.92 Å². The van der Waals surface area contributed by atoms with E-state index in [0.29, 0.717) is 22.9 Å². The maximum absolute atomic E-state index is 13.2. The van der Waals surface area contributed by atoms with Gasteiger partial charge in [0.1, 0.15) is 5.75 Å². The van der Waals surface area contributed by atoms with E-state index in [1.807, 2.05) is 0 Å². The molecular weight excluding hydrogens is 488 g/mol. The molecule has 1 saturated heterocycles. The predicted octanol–water partition coefficient (Wildman–Crippen LogP) is 3.41. The highest BCUT2D eigenvalue weighted by molar-refractivity contribution is 7.89. The number of nitrogens with one attached hydrogen (secondary N) is 1. The Morgan fingerprint density at radius 1 is 1.00 bits per heavy atom. The summed E-state index contributed by atoms with van der Waals surface area (Å²) in [5, 5.41) is 3.16. The van der Waals surface area contributed by atoms with E-state index in [1.165, 1.54) is 43.2 Å². The van der Waals surface area contributed by atoms with Gasteiger partial charge in [0.05, 0.1) is 12.0 Å². The van der Waals surface area contributed by atoms with Crippen LogP contribution < -0.4 is 10.1 Å². The molecule has 0 unspecified atom stereocenters. The Hall–Kier alpha value is -1.68. The van der Waals surface area contributed by atoms with Crippen molar-refractivity contribution in [1.29, 1.82) is 0 Å². The van der Waals surface area contributed by atoms with Crippen LogP contribution in [0.4, 0.5) is 0 Å². The summed E-state index contributed by atoms with van der Waals surface area (Å²) in [6, 6.07) is 4.28. The van der Waals surface area contributed by atoms with Crippen LogP contribution in [0.2, 0.25) is 0 Å². The first-order valence-corrected chi connectivity index (χ1v) is 15.2. The van der Waals surface area contributed by atoms with Gasteiger partial charge >= 0.3 is 0 Å². The molecular formula is C28H48N4O4S. The second kappa shape index (κ2) is 13.4. The third-order valence-electron chi connectivity index (χ3n) is 8.20. The lowest BCUT2D eigenvalue weighted by atomic mass is 9.87. The van der Waals surface area contributed by atoms with Crippen LogP contribution in [-0.2, 0) is 14.8 Å². The standard InChI is InChI=1S/C28H48N4O4S/c1-21-19-26(36-6)20-22(2)28(21)37(34,35)31(5)16-14-27(33)29-24-7-9-25(10-8-24)32-17-12-23(13-18-32)11-15-30(3)4/h19-20,23-25H,7-18H2,1-6H3,(H,29,33)/t24-,25-. The number of ether oxygens (including phenoxy) is 1. The molecule has 2 fully saturated rings. The molecule has 0 spiro atoms. The minimum absolute atomic E-state index is 0.0737. The molecule has 8 nitrogen and oxygen atoms in total. The van der Waals surface area contributed by atoms with Crippen molar-refractivity contribution in [1.82, 2.24) is 19.4 Å². The molecule has 1 heterocycles. The Morgan fingerprint density at radius 3 is 2.14 bits per heavy atom. The SMILES string of the molecule is COc1cc(C)c(S(=O)(=O)N(C)CCC(=O)N[C@H]2CC[C@H](N3CCC(CCN(C)C)CC3)CC2)c(C)c1. The largest absolute Gasteiger partial charge is 0.497 e. The van der Waals surface area contributed by atoms with Crippen LogP contribution in [-0.4, -0.2) is 94.9 Å². The second-order valence-corrected chi connectivity index (χ2v) is 13.3. The zero-order valence-electron chi connectivity index (χ0n) is 23.8. The lowest BCUT2D eigenvalue weighted by Crippen LogP contribution is -2.47. The van der Waals surface area contributed by atoms with Gasteiger partial charge < -0.3 is 19.9 Å². The molecule has 9 heteroatoms. The molecule has 210 valence electrons. The predicted molar refractivity (Wildman–Crippen MR) is 149 cm³/mol. The Kier molecular flexibility index (Phi) is 10.8. The normalized spacial score (nSPS) is 21.9. The Labute approximate surface area is 224 Å². The molecule has 1 aromatic rings. The number of rotatable bonds is 11. The van der Waals surface area contributed by atoms with E-state index in [0.717, 1.165) is 31.6 Å². The van der Waals surface area contributed by atoms with Crippen LogP contribution >= 0.6 is 0 Å². The average Bonchev–Trinajstić information content (AvgIpc) is 2.86. The van der Waals surface area contributed by atoms with Gasteiger partial charge in [0.2, 0.25) is 15.9 Å². The molecule has 1 saturated carbocycles. The van der Waals surface area contributed by atoms with E-state index in [9.17, 15) is 13.2 Å². The minimum Gasteiger partial charge on any atom is -0.497 e. The summed E-state index contributed by atoms with van der Waals surface area (Å²) in [6.07, 6.45) is 8.30. The fraction of sp³-hybridized carbons (Fsp3) is 0.750. The number of benzene rings is 1. The number of hydrogen-bond acceptors (Lipinski definition) is 6. The molecule has 3 rings (SSSR count). The number of piperidine rings is 1. The summed E-state index contributed by atoms with van der Waals surface area (Å²) in [5.41, 5.74) is 1.28. The van der Waals surface area contributed by atoms with Gasteiger partial charge in [0.25, 0.3) is 0 Å². The van der Waals surface area contributed by atoms with Crippen LogP contribution in [0.5, 0.6) is 5.75 Å². The molecule has 0 atom stereocenters. The van der Waals surface area contributed by atoms with Crippen LogP contribution in [0.15, 0.2) is 17.0 Å². The molecule has 1 N–H and O–H groups in total. The number of likely N-dealkylation sites (tertiary alicyclic amines) is 1. The van der Waals surface area contributed by atoms with Crippen molar-refractivity contribution in [2.45, 2.75) is 82.2 Å². The van der Waals surface area contributed by atoms with Crippen LogP contribution in [0.3, 0.4) is 0 Å². The number of carbonyl (C=O) groups is 1. The monoisotopic (exact) mass is 536 g/mol. The van der Waals surface area contributed by atoms with E-state index in [1.54, 1.807) is 40.1 Å². The topological polar surface area (TPSA) is 82.2 Å². The minimum atomic E-state index is -3.70. The molecule has 1 aliphatic carbocycles. The van der Waals surface area contributed by atoms with Crippen LogP contribution in [0.25, 0.3) is 0 Å². The lowest BCUT2D eigenvalue weighted by molar-refractivity contribution is -0.122. The third-order valence-corrected chi connectivity index (χ3v) is 10.4. The Bertz CT molecular complexity index is 974. The van der Waals surface area contributed by atoms with Crippen molar-refractivity contribution in [3.05, 3.63) is 23.3 Å². The first kappa shape index (κ1) is 29.9. The van der Waals surface area contributed by atoms with Crippen molar-refractivity contribution < 1.29 is 17.9 Å². The number of methoxy groups -OCH3 is 1. The van der Waals surface area contributed by atoms with Gasteiger partial charge in [-0.2, -0.15) is 0 Å². The fourth-order valence-corrected chi connectivity index (χ4v) is 7.48. The number of aryl methyl sites for hydroxylation is 2. The van der Waals surface area contributed by atoms with E-state index < -0.39 is 10.0 Å². The quantitative estimate of drug-likeness (QED) is 0.467. The zero-order chi connectivity index (χ0) is 27.2. The summed E-state index contributed by atoms with van der Waals surface area (Å²) >= 11 is 0. The molecule has 0 radical (unpaired) electrons. The summed E-state index contributed by atoms with van der Waals surface area (Å²) in [5.74, 6) is 1.42. The lowest BCUT2D eigenvalue weighted by Gasteiger charge is -2.41. The van der Waals surface area contributed by atoms with Gasteiger partial charge in [-0.05, 0) is 122 Å².